The zero-order valence-electron chi connectivity index (χ0n) is 54.9. The number of benzene rings is 6. The van der Waals surface area contributed by atoms with Crippen LogP contribution in [-0.4, -0.2) is 160 Å². The first kappa shape index (κ1) is 70.5. The molecule has 4 N–H and O–H groups in total. The number of amides is 6. The van der Waals surface area contributed by atoms with Crippen LogP contribution in [0.25, 0.3) is 0 Å². The van der Waals surface area contributed by atoms with Crippen molar-refractivity contribution in [2.24, 2.45) is 0 Å². The van der Waals surface area contributed by atoms with Gasteiger partial charge < -0.3 is 61.1 Å². The molecule has 0 spiro atoms. The molecular weight excluding hydrogens is 1190 g/mol. The summed E-state index contributed by atoms with van der Waals surface area (Å²) in [5.74, 6) is 1.48. The van der Waals surface area contributed by atoms with E-state index in [9.17, 15) is 28.8 Å². The molecule has 0 saturated carbocycles. The fraction of sp³-hybridized carbons (Fsp3) is 0.314. The van der Waals surface area contributed by atoms with Gasteiger partial charge in [-0.15, -0.1) is 11.6 Å². The van der Waals surface area contributed by atoms with Gasteiger partial charge in [-0.1, -0.05) is 91.0 Å². The molecule has 92 heavy (non-hydrogen) atoms. The molecule has 22 heteroatoms. The van der Waals surface area contributed by atoms with Gasteiger partial charge in [-0.3, -0.25) is 24.0 Å². The van der Waals surface area contributed by atoms with E-state index in [0.717, 1.165) is 57.2 Å². The molecule has 6 amide bonds. The van der Waals surface area contributed by atoms with E-state index < -0.39 is 5.60 Å². The predicted octanol–water partition coefficient (Wildman–Crippen LogP) is 8.07. The second-order valence-electron chi connectivity index (χ2n) is 23.0. The third-order valence-electron chi connectivity index (χ3n) is 15.1. The number of hydrogen-bond donors (Lipinski definition) is 4. The van der Waals surface area contributed by atoms with Crippen LogP contribution in [0.4, 0.5) is 38.9 Å². The van der Waals surface area contributed by atoms with Crippen LogP contribution in [-0.2, 0) is 20.9 Å². The Labute approximate surface area is 568 Å². The molecular formula is C70H83ClN13NaO7. The molecule has 0 radical (unpaired) electrons. The number of anilines is 6. The summed E-state index contributed by atoms with van der Waals surface area (Å²) in [7, 11) is 0. The summed E-state index contributed by atoms with van der Waals surface area (Å²) < 4.78 is 7.35. The minimum absolute atomic E-state index is 0. The third-order valence-corrected chi connectivity index (χ3v) is 15.3. The number of ether oxygens (including phenoxy) is 1. The number of carbonyl (C=O) groups excluding carboxylic acids is 6. The molecule has 0 bridgehead atoms. The van der Waals surface area contributed by atoms with Crippen molar-refractivity contribution < 1.29 is 64.5 Å². The van der Waals surface area contributed by atoms with E-state index in [1.54, 1.807) is 9.80 Å². The first-order valence-corrected chi connectivity index (χ1v) is 31.0. The Hall–Kier alpha value is -8.95. The number of aryl methyl sites for hydroxylation is 4. The number of nitrogens with zero attached hydrogens (tertiary/aromatic N) is 9. The van der Waals surface area contributed by atoms with Crippen molar-refractivity contribution in [3.05, 3.63) is 216 Å². The van der Waals surface area contributed by atoms with E-state index in [1.807, 2.05) is 234 Å². The number of H-pyrrole nitrogens is 1. The summed E-state index contributed by atoms with van der Waals surface area (Å²) in [6.45, 7) is 21.3. The van der Waals surface area contributed by atoms with Crippen LogP contribution in [0.1, 0.15) is 76.3 Å². The number of halogens is 1. The Morgan fingerprint density at radius 2 is 0.848 bits per heavy atom. The van der Waals surface area contributed by atoms with Gasteiger partial charge in [0.15, 0.2) is 0 Å². The standard InChI is InChI=1S/C24H27N5O2.C22H27N3O3.C19H20ClN3O2.C5H8N2.Na.H/c1-18-16-29(19(2)25-18)17-23(30)28-14-12-27(13-15-28)22-11-7-6-10-21(22)24(31)26-20-8-4-3-5-9-20;1-22(2,3)28-21(27)25-15-13-24(14-16-25)19-12-8-7-11-18(19)20(26)23-17-9-5-4-6-10-17;20-14-18(24)23-12-10-22(11-13-23)17-9-5-4-8-16(17)19(25)21-15-6-2-1-3-7-15;1-4-3-6-5(2)7-4;;/h3-11,16H,12-15,17H2,1-2H3,(H,26,31);4-12H,13-16H2,1-3H3,(H,23,26);1-9H,10-14H2,(H,21,25);3H,1-2H3,(H,6,7);;/q;;;;+1;-1. The fourth-order valence-corrected chi connectivity index (χ4v) is 10.7. The molecule has 478 valence electrons. The topological polar surface area (TPSA) is 214 Å². The van der Waals surface area contributed by atoms with Crippen molar-refractivity contribution in [3.8, 4) is 0 Å². The zero-order valence-corrected chi connectivity index (χ0v) is 56.7. The van der Waals surface area contributed by atoms with Crippen molar-refractivity contribution in [2.45, 2.75) is 60.6 Å². The van der Waals surface area contributed by atoms with Gasteiger partial charge in [0, 0.05) is 131 Å². The summed E-state index contributed by atoms with van der Waals surface area (Å²) in [5.41, 5.74) is 8.36. The molecule has 0 aliphatic carbocycles. The fourth-order valence-electron chi connectivity index (χ4n) is 10.5. The predicted molar refractivity (Wildman–Crippen MR) is 362 cm³/mol. The number of aromatic amines is 1. The van der Waals surface area contributed by atoms with E-state index in [2.05, 4.69) is 45.6 Å². The van der Waals surface area contributed by atoms with Crippen LogP contribution in [0, 0.1) is 27.7 Å². The number of rotatable bonds is 12. The SMILES string of the molecule is CC(C)(C)OC(=O)N1CCN(c2ccccc2C(=O)Nc2ccccc2)CC1.Cc1cn(CC(=O)N2CCN(c3ccccc3C(=O)Nc3ccccc3)CC2)c(C)n1.Cc1cnc(C)[nH]1.O=C(Nc1ccccc1)c1ccccc1N1CCN(C(=O)CCl)CC1.[H-].[Na+]. The maximum Gasteiger partial charge on any atom is 1.00 e. The summed E-state index contributed by atoms with van der Waals surface area (Å²) in [6, 6.07) is 51.0. The number of imidazole rings is 2. The molecule has 0 atom stereocenters. The maximum absolute atomic E-state index is 12.9. The molecule has 3 saturated heterocycles. The Kier molecular flexibility index (Phi) is 26.4. The van der Waals surface area contributed by atoms with Crippen LogP contribution in [0.5, 0.6) is 0 Å². The van der Waals surface area contributed by atoms with Crippen LogP contribution in [0.15, 0.2) is 176 Å². The second-order valence-corrected chi connectivity index (χ2v) is 23.3. The molecule has 20 nitrogen and oxygen atoms in total. The first-order chi connectivity index (χ1) is 43.8. The van der Waals surface area contributed by atoms with Crippen LogP contribution in [0.2, 0.25) is 0 Å². The molecule has 6 aromatic carbocycles. The van der Waals surface area contributed by atoms with Gasteiger partial charge in [0.05, 0.1) is 22.4 Å². The normalized spacial score (nSPS) is 13.7. The quantitative estimate of drug-likeness (QED) is 0.0676. The van der Waals surface area contributed by atoms with Gasteiger partial charge in [0.25, 0.3) is 17.7 Å². The average molecular weight is 1280 g/mol. The van der Waals surface area contributed by atoms with E-state index in [4.69, 9.17) is 16.3 Å². The zero-order chi connectivity index (χ0) is 64.9. The van der Waals surface area contributed by atoms with Crippen molar-refractivity contribution in [1.82, 2.24) is 34.2 Å². The van der Waals surface area contributed by atoms with Gasteiger partial charge in [-0.05, 0) is 121 Å². The molecule has 11 rings (SSSR count). The van der Waals surface area contributed by atoms with Crippen molar-refractivity contribution in [1.29, 1.82) is 0 Å². The number of alkyl halides is 1. The average Bonchev–Trinajstić information content (AvgIpc) is 2.46. The summed E-state index contributed by atoms with van der Waals surface area (Å²) in [5, 5.41) is 8.83. The van der Waals surface area contributed by atoms with Gasteiger partial charge in [0.2, 0.25) is 11.8 Å². The van der Waals surface area contributed by atoms with Gasteiger partial charge in [-0.2, -0.15) is 0 Å². The molecule has 3 aliphatic rings. The Morgan fingerprint density at radius 3 is 1.15 bits per heavy atom. The van der Waals surface area contributed by atoms with E-state index in [0.29, 0.717) is 102 Å². The smallest absolute Gasteiger partial charge is 1.00 e. The molecule has 5 heterocycles. The molecule has 3 aliphatic heterocycles. The van der Waals surface area contributed by atoms with E-state index in [1.165, 1.54) is 0 Å². The number of carbonyl (C=O) groups is 6. The van der Waals surface area contributed by atoms with Gasteiger partial charge >= 0.3 is 35.7 Å². The summed E-state index contributed by atoms with van der Waals surface area (Å²) in [6.07, 6.45) is 3.43. The monoisotopic (exact) mass is 1280 g/mol. The Morgan fingerprint density at radius 1 is 0.500 bits per heavy atom. The number of piperazine rings is 3. The minimum atomic E-state index is -0.504. The number of nitrogens with one attached hydrogen (secondary N) is 4. The minimum Gasteiger partial charge on any atom is -1.00 e. The second kappa shape index (κ2) is 34.5. The maximum atomic E-state index is 12.9. The van der Waals surface area contributed by atoms with Crippen LogP contribution >= 0.6 is 11.6 Å². The van der Waals surface area contributed by atoms with Gasteiger partial charge in [-0.25, -0.2) is 14.8 Å². The third kappa shape index (κ3) is 20.8. The molecule has 2 aromatic heterocycles. The Balaban J connectivity index is 0.000000208. The van der Waals surface area contributed by atoms with Gasteiger partial charge in [0.1, 0.15) is 29.7 Å². The Bertz CT molecular complexity index is 3680. The first-order valence-electron chi connectivity index (χ1n) is 30.5. The number of para-hydroxylation sites is 6. The van der Waals surface area contributed by atoms with Crippen molar-refractivity contribution in [3.63, 3.8) is 0 Å². The molecule has 3 fully saturated rings. The summed E-state index contributed by atoms with van der Waals surface area (Å²) >= 11 is 5.62. The van der Waals surface area contributed by atoms with E-state index >= 15 is 0 Å². The number of aromatic nitrogens is 4. The number of hydrogen-bond acceptors (Lipinski definition) is 12. The van der Waals surface area contributed by atoms with E-state index in [-0.39, 0.29) is 72.5 Å². The van der Waals surface area contributed by atoms with Crippen molar-refractivity contribution in [2.75, 3.05) is 115 Å². The van der Waals surface area contributed by atoms with Crippen LogP contribution in [0.3, 0.4) is 0 Å². The largest absolute Gasteiger partial charge is 1.00 e. The van der Waals surface area contributed by atoms with Crippen molar-refractivity contribution >= 4 is 81.4 Å². The molecule has 8 aromatic rings. The van der Waals surface area contributed by atoms with Crippen LogP contribution < -0.4 is 60.2 Å². The molecule has 0 unspecified atom stereocenters. The summed E-state index contributed by atoms with van der Waals surface area (Å²) in [4.78, 5) is 98.2.